The average molecular weight is 574 g/mol. The number of nitrogens with one attached hydrogen (secondary N) is 1. The maximum atomic E-state index is 14.0. The van der Waals surface area contributed by atoms with Crippen molar-refractivity contribution in [2.24, 2.45) is 5.92 Å². The van der Waals surface area contributed by atoms with Gasteiger partial charge >= 0.3 is 0 Å². The Bertz CT molecular complexity index is 1370. The van der Waals surface area contributed by atoms with E-state index in [-0.39, 0.29) is 40.4 Å². The summed E-state index contributed by atoms with van der Waals surface area (Å²) < 4.78 is 42.1. The summed E-state index contributed by atoms with van der Waals surface area (Å²) >= 11 is 6.40. The predicted molar refractivity (Wildman–Crippen MR) is 151 cm³/mol. The van der Waals surface area contributed by atoms with Crippen LogP contribution in [0.25, 0.3) is 0 Å². The number of amides is 2. The maximum absolute atomic E-state index is 14.0. The highest BCUT2D eigenvalue weighted by atomic mass is 35.5. The average Bonchev–Trinajstić information content (AvgIpc) is 2.92. The standard InChI is InChI=1S/C29H33ClFN3O4S/c1-4-26(29(36)32-18-21(2)3)33(19-22-14-16-23(31)17-15-22)28(35)20-34(27-13-9-8-12-25(27)30)39(37,38)24-10-6-5-7-11-24/h5-17,21,26H,4,18-20H2,1-3H3,(H,32,36)/t26-/m1/s1. The van der Waals surface area contributed by atoms with Crippen LogP contribution in [0.15, 0.2) is 83.8 Å². The Hall–Kier alpha value is -3.43. The van der Waals surface area contributed by atoms with Gasteiger partial charge in [-0.05, 0) is 54.3 Å². The number of rotatable bonds is 12. The Balaban J connectivity index is 2.04. The number of hydrogen-bond donors (Lipinski definition) is 1. The van der Waals surface area contributed by atoms with Crippen LogP contribution >= 0.6 is 11.6 Å². The molecule has 0 aromatic heterocycles. The number of anilines is 1. The van der Waals surface area contributed by atoms with Gasteiger partial charge in [-0.1, -0.05) is 74.8 Å². The second-order valence-corrected chi connectivity index (χ2v) is 11.8. The summed E-state index contributed by atoms with van der Waals surface area (Å²) in [6, 6.07) is 18.8. The van der Waals surface area contributed by atoms with Crippen LogP contribution in [0.5, 0.6) is 0 Å². The molecule has 0 unspecified atom stereocenters. The van der Waals surface area contributed by atoms with Gasteiger partial charge in [0.25, 0.3) is 10.0 Å². The molecule has 0 saturated heterocycles. The van der Waals surface area contributed by atoms with Gasteiger partial charge in [-0.2, -0.15) is 0 Å². The summed E-state index contributed by atoms with van der Waals surface area (Å²) in [6.45, 7) is 5.49. The molecular formula is C29H33ClFN3O4S. The van der Waals surface area contributed by atoms with Gasteiger partial charge in [0.1, 0.15) is 18.4 Å². The summed E-state index contributed by atoms with van der Waals surface area (Å²) in [6.07, 6.45) is 0.286. The van der Waals surface area contributed by atoms with E-state index in [1.54, 1.807) is 43.3 Å². The molecule has 3 aromatic carbocycles. The summed E-state index contributed by atoms with van der Waals surface area (Å²) in [5.41, 5.74) is 0.727. The van der Waals surface area contributed by atoms with Crippen LogP contribution in [0, 0.1) is 11.7 Å². The lowest BCUT2D eigenvalue weighted by Gasteiger charge is -2.33. The highest BCUT2D eigenvalue weighted by Gasteiger charge is 2.34. The molecule has 10 heteroatoms. The minimum absolute atomic E-state index is 0.00970. The normalized spacial score (nSPS) is 12.2. The maximum Gasteiger partial charge on any atom is 0.264 e. The van der Waals surface area contributed by atoms with Gasteiger partial charge in [0.05, 0.1) is 15.6 Å². The first-order valence-corrected chi connectivity index (χ1v) is 14.5. The van der Waals surface area contributed by atoms with Crippen molar-refractivity contribution in [2.75, 3.05) is 17.4 Å². The number of hydrogen-bond acceptors (Lipinski definition) is 4. The Morgan fingerprint density at radius 2 is 1.56 bits per heavy atom. The summed E-state index contributed by atoms with van der Waals surface area (Å²) in [4.78, 5) is 28.5. The number of carbonyl (C=O) groups is 2. The minimum Gasteiger partial charge on any atom is -0.354 e. The Labute approximate surface area is 234 Å². The van der Waals surface area contributed by atoms with E-state index in [1.165, 1.54) is 47.4 Å². The van der Waals surface area contributed by atoms with E-state index < -0.39 is 34.3 Å². The monoisotopic (exact) mass is 573 g/mol. The molecule has 208 valence electrons. The quantitative estimate of drug-likeness (QED) is 0.320. The van der Waals surface area contributed by atoms with Crippen LogP contribution < -0.4 is 9.62 Å². The molecule has 0 saturated carbocycles. The van der Waals surface area contributed by atoms with E-state index in [2.05, 4.69) is 5.32 Å². The molecule has 0 aliphatic rings. The molecule has 1 N–H and O–H groups in total. The van der Waals surface area contributed by atoms with Crippen molar-refractivity contribution in [1.29, 1.82) is 0 Å². The fourth-order valence-corrected chi connectivity index (χ4v) is 5.76. The van der Waals surface area contributed by atoms with Gasteiger partial charge in [-0.25, -0.2) is 12.8 Å². The van der Waals surface area contributed by atoms with Crippen LogP contribution in [0.4, 0.5) is 10.1 Å². The Morgan fingerprint density at radius 3 is 2.15 bits per heavy atom. The summed E-state index contributed by atoms with van der Waals surface area (Å²) in [7, 11) is -4.21. The SMILES string of the molecule is CC[C@H](C(=O)NCC(C)C)N(Cc1ccc(F)cc1)C(=O)CN(c1ccccc1Cl)S(=O)(=O)c1ccccc1. The lowest BCUT2D eigenvalue weighted by atomic mass is 10.1. The summed E-state index contributed by atoms with van der Waals surface area (Å²) in [5.74, 6) is -1.20. The number of sulfonamides is 1. The molecule has 0 fully saturated rings. The van der Waals surface area contributed by atoms with Crippen LogP contribution in [-0.2, 0) is 26.2 Å². The molecule has 0 heterocycles. The van der Waals surface area contributed by atoms with Crippen molar-refractivity contribution in [2.45, 2.75) is 44.7 Å². The molecule has 0 aliphatic heterocycles. The number of benzene rings is 3. The first-order chi connectivity index (χ1) is 18.5. The van der Waals surface area contributed by atoms with E-state index in [1.807, 2.05) is 13.8 Å². The number of halogens is 2. The van der Waals surface area contributed by atoms with Gasteiger partial charge in [-0.3, -0.25) is 13.9 Å². The summed E-state index contributed by atoms with van der Waals surface area (Å²) in [5, 5.41) is 3.02. The molecule has 3 rings (SSSR count). The molecular weight excluding hydrogens is 541 g/mol. The molecule has 7 nitrogen and oxygen atoms in total. The van der Waals surface area contributed by atoms with E-state index in [9.17, 15) is 22.4 Å². The first-order valence-electron chi connectivity index (χ1n) is 12.7. The zero-order valence-corrected chi connectivity index (χ0v) is 23.8. The topological polar surface area (TPSA) is 86.8 Å². The molecule has 39 heavy (non-hydrogen) atoms. The third kappa shape index (κ3) is 7.80. The van der Waals surface area contributed by atoms with Crippen molar-refractivity contribution in [3.05, 3.63) is 95.3 Å². The van der Waals surface area contributed by atoms with Crippen molar-refractivity contribution in [3.8, 4) is 0 Å². The van der Waals surface area contributed by atoms with E-state index in [4.69, 9.17) is 11.6 Å². The second kappa shape index (κ2) is 13.6. The molecule has 1 atom stereocenters. The smallest absolute Gasteiger partial charge is 0.264 e. The second-order valence-electron chi connectivity index (χ2n) is 9.49. The van der Waals surface area contributed by atoms with Gasteiger partial charge in [0.15, 0.2) is 0 Å². The van der Waals surface area contributed by atoms with E-state index in [0.717, 1.165) is 4.31 Å². The first kappa shape index (κ1) is 30.1. The Kier molecular flexibility index (Phi) is 10.5. The zero-order valence-electron chi connectivity index (χ0n) is 22.2. The fraction of sp³-hybridized carbons (Fsp3) is 0.310. The van der Waals surface area contributed by atoms with Crippen molar-refractivity contribution in [1.82, 2.24) is 10.2 Å². The highest BCUT2D eigenvalue weighted by molar-refractivity contribution is 7.92. The van der Waals surface area contributed by atoms with Crippen LogP contribution in [0.1, 0.15) is 32.8 Å². The number of para-hydroxylation sites is 1. The van der Waals surface area contributed by atoms with Crippen LogP contribution in [0.3, 0.4) is 0 Å². The molecule has 0 bridgehead atoms. The number of carbonyl (C=O) groups excluding carboxylic acids is 2. The highest BCUT2D eigenvalue weighted by Crippen LogP contribution is 2.30. The molecule has 0 radical (unpaired) electrons. The fourth-order valence-electron chi connectivity index (χ4n) is 4.02. The van der Waals surface area contributed by atoms with E-state index in [0.29, 0.717) is 12.1 Å². The van der Waals surface area contributed by atoms with Crippen LogP contribution in [-0.4, -0.2) is 44.3 Å². The predicted octanol–water partition coefficient (Wildman–Crippen LogP) is 5.25. The minimum atomic E-state index is -4.21. The number of nitrogens with zero attached hydrogens (tertiary/aromatic N) is 2. The zero-order chi connectivity index (χ0) is 28.6. The van der Waals surface area contributed by atoms with Gasteiger partial charge < -0.3 is 10.2 Å². The molecule has 0 spiro atoms. The van der Waals surface area contributed by atoms with Crippen molar-refractivity contribution >= 4 is 39.1 Å². The van der Waals surface area contributed by atoms with Crippen molar-refractivity contribution in [3.63, 3.8) is 0 Å². The van der Waals surface area contributed by atoms with Crippen LogP contribution in [0.2, 0.25) is 5.02 Å². The molecule has 3 aromatic rings. The lowest BCUT2D eigenvalue weighted by Crippen LogP contribution is -2.52. The molecule has 2 amide bonds. The van der Waals surface area contributed by atoms with Gasteiger partial charge in [0.2, 0.25) is 11.8 Å². The van der Waals surface area contributed by atoms with Crippen molar-refractivity contribution < 1.29 is 22.4 Å². The molecule has 0 aliphatic carbocycles. The van der Waals surface area contributed by atoms with Gasteiger partial charge in [0, 0.05) is 13.1 Å². The third-order valence-electron chi connectivity index (χ3n) is 6.07. The van der Waals surface area contributed by atoms with Gasteiger partial charge in [-0.15, -0.1) is 0 Å². The third-order valence-corrected chi connectivity index (χ3v) is 8.16. The lowest BCUT2D eigenvalue weighted by molar-refractivity contribution is -0.140. The Morgan fingerprint density at radius 1 is 0.949 bits per heavy atom. The largest absolute Gasteiger partial charge is 0.354 e. The van der Waals surface area contributed by atoms with E-state index >= 15 is 0 Å².